The Balaban J connectivity index is 2.22. The third-order valence-corrected chi connectivity index (χ3v) is 2.91. The summed E-state index contributed by atoms with van der Waals surface area (Å²) < 4.78 is 4.88. The summed E-state index contributed by atoms with van der Waals surface area (Å²) in [4.78, 5) is 12.0. The Morgan fingerprint density at radius 3 is 2.76 bits per heavy atom. The second-order valence-electron chi connectivity index (χ2n) is 3.67. The van der Waals surface area contributed by atoms with Crippen LogP contribution in [0.15, 0.2) is 47.3 Å². The molecule has 0 bridgehead atoms. The Morgan fingerprint density at radius 2 is 2.12 bits per heavy atom. The van der Waals surface area contributed by atoms with Crippen LogP contribution in [-0.2, 0) is 0 Å². The number of hydrogen-bond donors (Lipinski definition) is 1. The largest absolute Gasteiger partial charge is 0.472 e. The highest BCUT2D eigenvalue weighted by Crippen LogP contribution is 2.28. The topological polar surface area (TPSA) is 42.2 Å². The van der Waals surface area contributed by atoms with Gasteiger partial charge in [-0.3, -0.25) is 4.79 Å². The second kappa shape index (κ2) is 5.19. The molecule has 3 nitrogen and oxygen atoms in total. The Bertz CT molecular complexity index is 506. The molecule has 0 spiro atoms. The lowest BCUT2D eigenvalue weighted by molar-refractivity contribution is 0.102. The smallest absolute Gasteiger partial charge is 0.258 e. The number of carbonyl (C=O) groups is 1. The number of alkyl halides is 1. The highest BCUT2D eigenvalue weighted by molar-refractivity contribution is 9.09. The fraction of sp³-hybridized carbons (Fsp3) is 0.154. The van der Waals surface area contributed by atoms with Crippen molar-refractivity contribution in [3.05, 3.63) is 54.0 Å². The predicted octanol–water partition coefficient (Wildman–Crippen LogP) is 3.99. The fourth-order valence-electron chi connectivity index (χ4n) is 1.55. The Morgan fingerprint density at radius 1 is 1.35 bits per heavy atom. The third-order valence-electron chi connectivity index (χ3n) is 2.42. The Labute approximate surface area is 108 Å². The molecule has 0 saturated heterocycles. The van der Waals surface area contributed by atoms with E-state index in [-0.39, 0.29) is 10.7 Å². The molecule has 1 heterocycles. The Hall–Kier alpha value is -1.55. The van der Waals surface area contributed by atoms with E-state index in [9.17, 15) is 4.79 Å². The summed E-state index contributed by atoms with van der Waals surface area (Å²) in [6.07, 6.45) is 2.91. The van der Waals surface area contributed by atoms with Gasteiger partial charge in [-0.1, -0.05) is 34.1 Å². The van der Waals surface area contributed by atoms with Crippen molar-refractivity contribution in [3.63, 3.8) is 0 Å². The molecular weight excluding hydrogens is 282 g/mol. The molecule has 0 radical (unpaired) electrons. The molecule has 88 valence electrons. The average Bonchev–Trinajstić information content (AvgIpc) is 2.83. The molecule has 0 fully saturated rings. The molecule has 17 heavy (non-hydrogen) atoms. The minimum absolute atomic E-state index is 0.167. The maximum atomic E-state index is 11.9. The summed E-state index contributed by atoms with van der Waals surface area (Å²) in [5, 5.41) is 2.87. The molecule has 0 saturated carbocycles. The van der Waals surface area contributed by atoms with Crippen LogP contribution in [0.1, 0.15) is 27.7 Å². The van der Waals surface area contributed by atoms with Crippen molar-refractivity contribution in [1.29, 1.82) is 0 Å². The monoisotopic (exact) mass is 293 g/mol. The first kappa shape index (κ1) is 11.9. The van der Waals surface area contributed by atoms with Gasteiger partial charge >= 0.3 is 0 Å². The van der Waals surface area contributed by atoms with E-state index in [2.05, 4.69) is 21.2 Å². The third kappa shape index (κ3) is 2.77. The summed E-state index contributed by atoms with van der Waals surface area (Å²) in [6, 6.07) is 9.33. The van der Waals surface area contributed by atoms with Crippen molar-refractivity contribution < 1.29 is 9.21 Å². The second-order valence-corrected chi connectivity index (χ2v) is 5.04. The van der Waals surface area contributed by atoms with Crippen LogP contribution in [0.3, 0.4) is 0 Å². The molecule has 1 N–H and O–H groups in total. The van der Waals surface area contributed by atoms with Crippen molar-refractivity contribution in [1.82, 2.24) is 0 Å². The molecule has 4 heteroatoms. The molecule has 2 aromatic rings. The Kier molecular flexibility index (Phi) is 3.64. The fourth-order valence-corrected chi connectivity index (χ4v) is 1.95. The number of furan rings is 1. The molecule has 1 atom stereocenters. The first-order valence-corrected chi connectivity index (χ1v) is 6.16. The number of para-hydroxylation sites is 1. The number of halogens is 1. The molecule has 1 aromatic heterocycles. The lowest BCUT2D eigenvalue weighted by Gasteiger charge is -2.11. The first-order valence-electron chi connectivity index (χ1n) is 5.25. The number of carbonyl (C=O) groups excluding carboxylic acids is 1. The van der Waals surface area contributed by atoms with Gasteiger partial charge < -0.3 is 9.73 Å². The van der Waals surface area contributed by atoms with Gasteiger partial charge in [0.2, 0.25) is 0 Å². The van der Waals surface area contributed by atoms with Gasteiger partial charge in [0.15, 0.2) is 0 Å². The molecule has 0 aliphatic rings. The zero-order valence-electron chi connectivity index (χ0n) is 9.31. The zero-order chi connectivity index (χ0) is 12.3. The first-order chi connectivity index (χ1) is 8.18. The van der Waals surface area contributed by atoms with Gasteiger partial charge in [-0.05, 0) is 24.6 Å². The standard InChI is InChI=1S/C13H12BrNO2/c1-9(14)11-4-2-3-5-12(11)15-13(16)10-6-7-17-8-10/h2-9H,1H3,(H,15,16). The SMILES string of the molecule is CC(Br)c1ccccc1NC(=O)c1ccoc1. The quantitative estimate of drug-likeness (QED) is 0.870. The zero-order valence-corrected chi connectivity index (χ0v) is 10.9. The van der Waals surface area contributed by atoms with E-state index >= 15 is 0 Å². The molecule has 1 aromatic carbocycles. The molecule has 0 aliphatic carbocycles. The summed E-state index contributed by atoms with van der Waals surface area (Å²) in [5.74, 6) is -0.167. The predicted molar refractivity (Wildman–Crippen MR) is 70.4 cm³/mol. The van der Waals surface area contributed by atoms with Crippen molar-refractivity contribution >= 4 is 27.5 Å². The van der Waals surface area contributed by atoms with Crippen LogP contribution in [-0.4, -0.2) is 5.91 Å². The maximum absolute atomic E-state index is 11.9. The highest BCUT2D eigenvalue weighted by Gasteiger charge is 2.11. The van der Waals surface area contributed by atoms with E-state index in [1.165, 1.54) is 12.5 Å². The normalized spacial score (nSPS) is 12.1. The van der Waals surface area contributed by atoms with Crippen molar-refractivity contribution in [3.8, 4) is 0 Å². The summed E-state index contributed by atoms with van der Waals surface area (Å²) >= 11 is 3.50. The van der Waals surface area contributed by atoms with Gasteiger partial charge in [0.25, 0.3) is 5.91 Å². The van der Waals surface area contributed by atoms with E-state index in [1.807, 2.05) is 31.2 Å². The van der Waals surface area contributed by atoms with Crippen molar-refractivity contribution in [2.45, 2.75) is 11.8 Å². The minimum atomic E-state index is -0.167. The maximum Gasteiger partial charge on any atom is 0.258 e. The summed E-state index contributed by atoms with van der Waals surface area (Å²) in [6.45, 7) is 2.02. The van der Waals surface area contributed by atoms with Gasteiger partial charge in [-0.2, -0.15) is 0 Å². The number of anilines is 1. The molecule has 2 rings (SSSR count). The van der Waals surface area contributed by atoms with Gasteiger partial charge in [-0.25, -0.2) is 0 Å². The van der Waals surface area contributed by atoms with Crippen LogP contribution in [0, 0.1) is 0 Å². The number of hydrogen-bond acceptors (Lipinski definition) is 2. The van der Waals surface area contributed by atoms with Crippen LogP contribution in [0.5, 0.6) is 0 Å². The van der Waals surface area contributed by atoms with E-state index < -0.39 is 0 Å². The van der Waals surface area contributed by atoms with Gasteiger partial charge in [0.05, 0.1) is 11.8 Å². The van der Waals surface area contributed by atoms with E-state index in [4.69, 9.17) is 4.42 Å². The van der Waals surface area contributed by atoms with Crippen molar-refractivity contribution in [2.24, 2.45) is 0 Å². The molecule has 1 unspecified atom stereocenters. The van der Waals surface area contributed by atoms with E-state index in [0.29, 0.717) is 5.56 Å². The average molecular weight is 294 g/mol. The highest BCUT2D eigenvalue weighted by atomic mass is 79.9. The van der Waals surface area contributed by atoms with E-state index in [1.54, 1.807) is 6.07 Å². The molecule has 0 aliphatic heterocycles. The van der Waals surface area contributed by atoms with Gasteiger partial charge in [0.1, 0.15) is 6.26 Å². The van der Waals surface area contributed by atoms with Crippen LogP contribution < -0.4 is 5.32 Å². The number of rotatable bonds is 3. The van der Waals surface area contributed by atoms with E-state index in [0.717, 1.165) is 11.3 Å². The minimum Gasteiger partial charge on any atom is -0.472 e. The molecule has 1 amide bonds. The van der Waals surface area contributed by atoms with Crippen LogP contribution >= 0.6 is 15.9 Å². The summed E-state index contributed by atoms with van der Waals surface area (Å²) in [7, 11) is 0. The lowest BCUT2D eigenvalue weighted by Crippen LogP contribution is -2.12. The number of nitrogens with one attached hydrogen (secondary N) is 1. The van der Waals surface area contributed by atoms with Crippen LogP contribution in [0.4, 0.5) is 5.69 Å². The summed E-state index contributed by atoms with van der Waals surface area (Å²) in [5.41, 5.74) is 2.37. The number of amides is 1. The van der Waals surface area contributed by atoms with Crippen LogP contribution in [0.25, 0.3) is 0 Å². The molecular formula is C13H12BrNO2. The van der Waals surface area contributed by atoms with Gasteiger partial charge in [0, 0.05) is 10.5 Å². The number of benzene rings is 1. The van der Waals surface area contributed by atoms with Gasteiger partial charge in [-0.15, -0.1) is 0 Å². The lowest BCUT2D eigenvalue weighted by atomic mass is 10.1. The van der Waals surface area contributed by atoms with Crippen molar-refractivity contribution in [2.75, 3.05) is 5.32 Å². The van der Waals surface area contributed by atoms with Crippen LogP contribution in [0.2, 0.25) is 0 Å².